The van der Waals surface area contributed by atoms with Gasteiger partial charge in [-0.25, -0.2) is 4.98 Å². The van der Waals surface area contributed by atoms with Gasteiger partial charge in [-0.15, -0.1) is 11.8 Å². The van der Waals surface area contributed by atoms with Crippen molar-refractivity contribution in [3.63, 3.8) is 0 Å². The van der Waals surface area contributed by atoms with Crippen LogP contribution in [-0.4, -0.2) is 29.7 Å². The summed E-state index contributed by atoms with van der Waals surface area (Å²) in [4.78, 5) is 30.6. The van der Waals surface area contributed by atoms with E-state index < -0.39 is 0 Å². The average molecular weight is 500 g/mol. The molecule has 1 aromatic heterocycles. The SMILES string of the molecule is COc1ccc2nc(NC(=O)CSc3cccc(NC(=O)c4ccc5ccccc5c4)c3)sc2c1. The lowest BCUT2D eigenvalue weighted by molar-refractivity contribution is -0.113. The summed E-state index contributed by atoms with van der Waals surface area (Å²) in [7, 11) is 1.62. The predicted molar refractivity (Wildman–Crippen MR) is 144 cm³/mol. The van der Waals surface area contributed by atoms with Crippen molar-refractivity contribution < 1.29 is 14.3 Å². The van der Waals surface area contributed by atoms with E-state index in [1.165, 1.54) is 23.1 Å². The number of benzene rings is 4. The van der Waals surface area contributed by atoms with E-state index >= 15 is 0 Å². The van der Waals surface area contributed by atoms with Crippen molar-refractivity contribution in [1.82, 2.24) is 4.98 Å². The van der Waals surface area contributed by atoms with Crippen LogP contribution in [0.5, 0.6) is 5.75 Å². The number of hydrogen-bond acceptors (Lipinski definition) is 6. The molecule has 2 amide bonds. The fourth-order valence-corrected chi connectivity index (χ4v) is 5.25. The lowest BCUT2D eigenvalue weighted by atomic mass is 10.1. The van der Waals surface area contributed by atoms with Crippen LogP contribution in [0.15, 0.2) is 89.8 Å². The molecular weight excluding hydrogens is 478 g/mol. The van der Waals surface area contributed by atoms with E-state index in [1.807, 2.05) is 84.9 Å². The van der Waals surface area contributed by atoms with Crippen molar-refractivity contribution in [2.75, 3.05) is 23.5 Å². The molecule has 0 bridgehead atoms. The number of rotatable bonds is 7. The molecule has 174 valence electrons. The first-order chi connectivity index (χ1) is 17.1. The lowest BCUT2D eigenvalue weighted by Crippen LogP contribution is -2.14. The fraction of sp³-hybridized carbons (Fsp3) is 0.0741. The Kier molecular flexibility index (Phi) is 6.65. The number of amides is 2. The molecular formula is C27H21N3O3S2. The highest BCUT2D eigenvalue weighted by molar-refractivity contribution is 8.00. The van der Waals surface area contributed by atoms with Gasteiger partial charge in [0, 0.05) is 16.1 Å². The number of anilines is 2. The van der Waals surface area contributed by atoms with Crippen molar-refractivity contribution in [1.29, 1.82) is 0 Å². The van der Waals surface area contributed by atoms with Crippen molar-refractivity contribution in [2.45, 2.75) is 4.90 Å². The molecule has 2 N–H and O–H groups in total. The molecule has 35 heavy (non-hydrogen) atoms. The molecule has 0 unspecified atom stereocenters. The number of methoxy groups -OCH3 is 1. The van der Waals surface area contributed by atoms with Gasteiger partial charge in [0.1, 0.15) is 5.75 Å². The predicted octanol–water partition coefficient (Wildman–Crippen LogP) is 6.44. The minimum Gasteiger partial charge on any atom is -0.497 e. The van der Waals surface area contributed by atoms with Gasteiger partial charge in [0.15, 0.2) is 5.13 Å². The number of ether oxygens (including phenoxy) is 1. The highest BCUT2D eigenvalue weighted by atomic mass is 32.2. The number of fused-ring (bicyclic) bond motifs is 2. The molecule has 0 saturated heterocycles. The molecule has 0 fully saturated rings. The normalized spacial score (nSPS) is 10.9. The highest BCUT2D eigenvalue weighted by Crippen LogP contribution is 2.29. The number of aromatic nitrogens is 1. The Balaban J connectivity index is 1.19. The van der Waals surface area contributed by atoms with Gasteiger partial charge >= 0.3 is 0 Å². The van der Waals surface area contributed by atoms with E-state index in [1.54, 1.807) is 7.11 Å². The third-order valence-corrected chi connectivity index (χ3v) is 7.24. The Morgan fingerprint density at radius 3 is 2.63 bits per heavy atom. The first-order valence-electron chi connectivity index (χ1n) is 10.8. The summed E-state index contributed by atoms with van der Waals surface area (Å²) >= 11 is 2.80. The maximum atomic E-state index is 12.8. The molecule has 0 aliphatic heterocycles. The molecule has 0 atom stereocenters. The molecule has 5 rings (SSSR count). The molecule has 4 aromatic carbocycles. The smallest absolute Gasteiger partial charge is 0.255 e. The maximum Gasteiger partial charge on any atom is 0.255 e. The maximum absolute atomic E-state index is 12.8. The van der Waals surface area contributed by atoms with Crippen molar-refractivity contribution in [3.8, 4) is 5.75 Å². The molecule has 0 aliphatic carbocycles. The summed E-state index contributed by atoms with van der Waals surface area (Å²) in [5.41, 5.74) is 2.08. The van der Waals surface area contributed by atoms with Crippen LogP contribution >= 0.6 is 23.1 Å². The topological polar surface area (TPSA) is 80.3 Å². The zero-order valence-corrected chi connectivity index (χ0v) is 20.4. The Labute approximate surface area is 210 Å². The van der Waals surface area contributed by atoms with Crippen molar-refractivity contribution in [3.05, 3.63) is 90.5 Å². The van der Waals surface area contributed by atoms with Gasteiger partial charge in [0.2, 0.25) is 5.91 Å². The summed E-state index contributed by atoms with van der Waals surface area (Å²) in [5, 5.41) is 8.46. The summed E-state index contributed by atoms with van der Waals surface area (Å²) in [6, 6.07) is 26.6. The van der Waals surface area contributed by atoms with Crippen LogP contribution in [-0.2, 0) is 4.79 Å². The monoisotopic (exact) mass is 499 g/mol. The van der Waals surface area contributed by atoms with Gasteiger partial charge in [0.25, 0.3) is 5.91 Å². The quantitative estimate of drug-likeness (QED) is 0.252. The summed E-state index contributed by atoms with van der Waals surface area (Å²) in [6.07, 6.45) is 0. The second kappa shape index (κ2) is 10.2. The average Bonchev–Trinajstić information content (AvgIpc) is 3.28. The van der Waals surface area contributed by atoms with Crippen LogP contribution in [0, 0.1) is 0 Å². The summed E-state index contributed by atoms with van der Waals surface area (Å²) in [5.74, 6) is 0.651. The minimum atomic E-state index is -0.178. The van der Waals surface area contributed by atoms with Crippen LogP contribution in [0.1, 0.15) is 10.4 Å². The molecule has 8 heteroatoms. The summed E-state index contributed by atoms with van der Waals surface area (Å²) < 4.78 is 6.18. The largest absolute Gasteiger partial charge is 0.497 e. The third kappa shape index (κ3) is 5.45. The van der Waals surface area contributed by atoms with Gasteiger partial charge in [-0.1, -0.05) is 47.7 Å². The van der Waals surface area contributed by atoms with E-state index in [4.69, 9.17) is 4.74 Å². The summed E-state index contributed by atoms with van der Waals surface area (Å²) in [6.45, 7) is 0. The first kappa shape index (κ1) is 22.9. The van der Waals surface area contributed by atoms with Crippen LogP contribution in [0.3, 0.4) is 0 Å². The van der Waals surface area contributed by atoms with E-state index in [9.17, 15) is 9.59 Å². The molecule has 0 spiro atoms. The second-order valence-electron chi connectivity index (χ2n) is 7.73. The van der Waals surface area contributed by atoms with E-state index in [0.717, 1.165) is 31.6 Å². The number of nitrogens with zero attached hydrogens (tertiary/aromatic N) is 1. The Morgan fingerprint density at radius 2 is 1.77 bits per heavy atom. The van der Waals surface area contributed by atoms with E-state index in [0.29, 0.717) is 16.4 Å². The fourth-order valence-electron chi connectivity index (χ4n) is 3.59. The van der Waals surface area contributed by atoms with Gasteiger partial charge in [-0.05, 0) is 59.3 Å². The Hall–Kier alpha value is -3.88. The number of carbonyl (C=O) groups excluding carboxylic acids is 2. The number of hydrogen-bond donors (Lipinski definition) is 2. The van der Waals surface area contributed by atoms with Crippen LogP contribution in [0.2, 0.25) is 0 Å². The Bertz CT molecular complexity index is 1550. The molecule has 6 nitrogen and oxygen atoms in total. The zero-order valence-electron chi connectivity index (χ0n) is 18.8. The molecule has 0 aliphatic rings. The number of nitrogens with one attached hydrogen (secondary N) is 2. The van der Waals surface area contributed by atoms with Gasteiger partial charge < -0.3 is 15.4 Å². The minimum absolute atomic E-state index is 0.147. The van der Waals surface area contributed by atoms with E-state index in [2.05, 4.69) is 15.6 Å². The van der Waals surface area contributed by atoms with Crippen LogP contribution < -0.4 is 15.4 Å². The van der Waals surface area contributed by atoms with Gasteiger partial charge in [0.05, 0.1) is 23.1 Å². The highest BCUT2D eigenvalue weighted by Gasteiger charge is 2.11. The molecule has 5 aromatic rings. The number of carbonyl (C=O) groups is 2. The van der Waals surface area contributed by atoms with Crippen LogP contribution in [0.25, 0.3) is 21.0 Å². The second-order valence-corrected chi connectivity index (χ2v) is 9.81. The van der Waals surface area contributed by atoms with Gasteiger partial charge in [-0.3, -0.25) is 9.59 Å². The van der Waals surface area contributed by atoms with Gasteiger partial charge in [-0.2, -0.15) is 0 Å². The molecule has 0 radical (unpaired) electrons. The number of thioether (sulfide) groups is 1. The lowest BCUT2D eigenvalue weighted by Gasteiger charge is -2.08. The Morgan fingerprint density at radius 1 is 0.914 bits per heavy atom. The number of thiazole rings is 1. The zero-order chi connectivity index (χ0) is 24.2. The standard InChI is InChI=1S/C27H21N3O3S2/c1-33-21-11-12-23-24(15-21)35-27(29-23)30-25(31)16-34-22-8-4-7-20(14-22)28-26(32)19-10-9-17-5-2-3-6-18(17)13-19/h2-15H,16H2,1H3,(H,28,32)(H,29,30,31). The molecule has 0 saturated carbocycles. The van der Waals surface area contributed by atoms with E-state index in [-0.39, 0.29) is 17.6 Å². The molecule has 1 heterocycles. The van der Waals surface area contributed by atoms with Crippen molar-refractivity contribution in [2.24, 2.45) is 0 Å². The van der Waals surface area contributed by atoms with Crippen molar-refractivity contribution >= 4 is 66.7 Å². The van der Waals surface area contributed by atoms with Crippen LogP contribution in [0.4, 0.5) is 10.8 Å². The first-order valence-corrected chi connectivity index (χ1v) is 12.6. The third-order valence-electron chi connectivity index (χ3n) is 5.32.